The van der Waals surface area contributed by atoms with Gasteiger partial charge in [-0.3, -0.25) is 0 Å². The fraction of sp³-hybridized carbons (Fsp3) is 0.400. The Morgan fingerprint density at radius 2 is 2.14 bits per heavy atom. The van der Waals surface area contributed by atoms with Crippen molar-refractivity contribution in [1.29, 1.82) is 0 Å². The van der Waals surface area contributed by atoms with Gasteiger partial charge in [0.25, 0.3) is 0 Å². The number of alkyl halides is 1. The van der Waals surface area contributed by atoms with Crippen molar-refractivity contribution in [3.63, 3.8) is 0 Å². The zero-order chi connectivity index (χ0) is 10.4. The maximum absolute atomic E-state index is 12.9. The lowest BCUT2D eigenvalue weighted by Gasteiger charge is -2.05. The Kier molecular flexibility index (Phi) is 5.26. The van der Waals surface area contributed by atoms with Crippen LogP contribution in [0.15, 0.2) is 18.2 Å². The van der Waals surface area contributed by atoms with Crippen molar-refractivity contribution >= 4 is 27.5 Å². The summed E-state index contributed by atoms with van der Waals surface area (Å²) in [5.74, 6) is 0.0890. The van der Waals surface area contributed by atoms with Gasteiger partial charge in [0.05, 0.1) is 11.6 Å². The monoisotopic (exact) mass is 280 g/mol. The van der Waals surface area contributed by atoms with Crippen molar-refractivity contribution in [2.45, 2.75) is 12.8 Å². The van der Waals surface area contributed by atoms with Gasteiger partial charge in [-0.1, -0.05) is 27.5 Å². The molecule has 14 heavy (non-hydrogen) atoms. The average Bonchev–Trinajstić information content (AvgIpc) is 2.18. The number of benzene rings is 1. The summed E-state index contributed by atoms with van der Waals surface area (Å²) in [5.41, 5.74) is 0. The second-order valence-corrected chi connectivity index (χ2v) is 4.02. The molecule has 0 fully saturated rings. The van der Waals surface area contributed by atoms with Gasteiger partial charge < -0.3 is 4.74 Å². The van der Waals surface area contributed by atoms with Gasteiger partial charge in [0.2, 0.25) is 0 Å². The molecule has 0 aliphatic carbocycles. The molecule has 1 aromatic rings. The quantitative estimate of drug-likeness (QED) is 0.585. The van der Waals surface area contributed by atoms with Crippen LogP contribution in [0.1, 0.15) is 12.8 Å². The van der Waals surface area contributed by atoms with E-state index in [1.165, 1.54) is 12.1 Å². The molecule has 4 heteroatoms. The second kappa shape index (κ2) is 6.25. The number of hydrogen-bond donors (Lipinski definition) is 0. The van der Waals surface area contributed by atoms with Crippen LogP contribution in [0.2, 0.25) is 5.02 Å². The molecule has 0 radical (unpaired) electrons. The molecular weight excluding hydrogens is 270 g/mol. The zero-order valence-corrected chi connectivity index (χ0v) is 9.94. The highest BCUT2D eigenvalue weighted by Gasteiger charge is 2.01. The van der Waals surface area contributed by atoms with E-state index in [0.29, 0.717) is 12.4 Å². The van der Waals surface area contributed by atoms with E-state index in [4.69, 9.17) is 16.3 Å². The summed E-state index contributed by atoms with van der Waals surface area (Å²) in [7, 11) is 0. The minimum atomic E-state index is -0.440. The molecule has 0 heterocycles. The first kappa shape index (κ1) is 11.8. The van der Waals surface area contributed by atoms with E-state index in [2.05, 4.69) is 15.9 Å². The lowest BCUT2D eigenvalue weighted by atomic mass is 10.3. The second-order valence-electron chi connectivity index (χ2n) is 2.82. The van der Waals surface area contributed by atoms with Crippen molar-refractivity contribution in [2.75, 3.05) is 11.9 Å². The molecule has 0 saturated heterocycles. The summed E-state index contributed by atoms with van der Waals surface area (Å²) in [6.07, 6.45) is 2.01. The van der Waals surface area contributed by atoms with E-state index in [-0.39, 0.29) is 5.02 Å². The van der Waals surface area contributed by atoms with E-state index in [9.17, 15) is 4.39 Å². The third-order valence-corrected chi connectivity index (χ3v) is 2.56. The first-order valence-electron chi connectivity index (χ1n) is 4.38. The number of ether oxygens (including phenoxy) is 1. The maximum Gasteiger partial charge on any atom is 0.145 e. The van der Waals surface area contributed by atoms with Crippen molar-refractivity contribution in [3.8, 4) is 5.75 Å². The molecule has 1 aromatic carbocycles. The number of hydrogen-bond acceptors (Lipinski definition) is 1. The van der Waals surface area contributed by atoms with E-state index in [1.54, 1.807) is 6.07 Å². The van der Waals surface area contributed by atoms with E-state index in [1.807, 2.05) is 0 Å². The van der Waals surface area contributed by atoms with Gasteiger partial charge in [0, 0.05) is 11.4 Å². The normalized spacial score (nSPS) is 10.2. The van der Waals surface area contributed by atoms with Gasteiger partial charge >= 0.3 is 0 Å². The topological polar surface area (TPSA) is 9.23 Å². The van der Waals surface area contributed by atoms with Gasteiger partial charge in [-0.2, -0.15) is 0 Å². The summed E-state index contributed by atoms with van der Waals surface area (Å²) < 4.78 is 18.3. The average molecular weight is 282 g/mol. The number of halogens is 3. The summed E-state index contributed by atoms with van der Waals surface area (Å²) in [4.78, 5) is 0. The van der Waals surface area contributed by atoms with Crippen LogP contribution in [-0.2, 0) is 0 Å². The minimum absolute atomic E-state index is 0.123. The first-order valence-corrected chi connectivity index (χ1v) is 5.88. The molecule has 0 aliphatic heterocycles. The van der Waals surface area contributed by atoms with Crippen LogP contribution in [0, 0.1) is 5.82 Å². The van der Waals surface area contributed by atoms with Crippen LogP contribution in [0.5, 0.6) is 5.75 Å². The first-order chi connectivity index (χ1) is 6.74. The smallest absolute Gasteiger partial charge is 0.145 e. The van der Waals surface area contributed by atoms with Crippen molar-refractivity contribution in [3.05, 3.63) is 29.0 Å². The molecule has 1 nitrogen and oxygen atoms in total. The van der Waals surface area contributed by atoms with Gasteiger partial charge in [-0.15, -0.1) is 0 Å². The van der Waals surface area contributed by atoms with Crippen LogP contribution < -0.4 is 4.74 Å². The summed E-state index contributed by atoms with van der Waals surface area (Å²) in [5, 5.41) is 1.09. The molecule has 0 aromatic heterocycles. The van der Waals surface area contributed by atoms with Gasteiger partial charge in [-0.25, -0.2) is 4.39 Å². The summed E-state index contributed by atoms with van der Waals surface area (Å²) in [6, 6.07) is 4.47. The number of unbranched alkanes of at least 4 members (excludes halogenated alkanes) is 1. The van der Waals surface area contributed by atoms with Crippen LogP contribution >= 0.6 is 27.5 Å². The fourth-order valence-corrected chi connectivity index (χ4v) is 1.47. The Labute approximate surface area is 96.3 Å². The highest BCUT2D eigenvalue weighted by atomic mass is 79.9. The van der Waals surface area contributed by atoms with E-state index >= 15 is 0 Å². The third-order valence-electron chi connectivity index (χ3n) is 1.69. The van der Waals surface area contributed by atoms with Crippen LogP contribution in [-0.4, -0.2) is 11.9 Å². The van der Waals surface area contributed by atoms with Crippen molar-refractivity contribution < 1.29 is 9.13 Å². The van der Waals surface area contributed by atoms with E-state index in [0.717, 1.165) is 18.2 Å². The molecular formula is C10H11BrClFO. The third kappa shape index (κ3) is 3.84. The molecule has 0 N–H and O–H groups in total. The standard InChI is InChI=1S/C10H11BrClFO/c11-5-1-2-6-14-8-3-4-9(12)10(13)7-8/h3-4,7H,1-2,5-6H2. The number of rotatable bonds is 5. The molecule has 0 spiro atoms. The Balaban J connectivity index is 2.39. The van der Waals surface area contributed by atoms with Crippen molar-refractivity contribution in [1.82, 2.24) is 0 Å². The molecule has 0 bridgehead atoms. The lowest BCUT2D eigenvalue weighted by Crippen LogP contribution is -1.97. The van der Waals surface area contributed by atoms with E-state index < -0.39 is 5.82 Å². The molecule has 0 saturated carbocycles. The fourth-order valence-electron chi connectivity index (χ4n) is 0.953. The van der Waals surface area contributed by atoms with Crippen LogP contribution in [0.4, 0.5) is 4.39 Å². The molecule has 0 atom stereocenters. The lowest BCUT2D eigenvalue weighted by molar-refractivity contribution is 0.308. The minimum Gasteiger partial charge on any atom is -0.493 e. The SMILES string of the molecule is Fc1cc(OCCCCBr)ccc1Cl. The Morgan fingerprint density at radius 3 is 2.79 bits per heavy atom. The zero-order valence-electron chi connectivity index (χ0n) is 7.60. The predicted molar refractivity (Wildman–Crippen MR) is 59.9 cm³/mol. The van der Waals surface area contributed by atoms with Crippen LogP contribution in [0.3, 0.4) is 0 Å². The summed E-state index contributed by atoms with van der Waals surface area (Å²) >= 11 is 8.85. The van der Waals surface area contributed by atoms with Gasteiger partial charge in [0.15, 0.2) is 0 Å². The molecule has 0 unspecified atom stereocenters. The van der Waals surface area contributed by atoms with Gasteiger partial charge in [-0.05, 0) is 25.0 Å². The van der Waals surface area contributed by atoms with Crippen molar-refractivity contribution in [2.24, 2.45) is 0 Å². The Morgan fingerprint density at radius 1 is 1.36 bits per heavy atom. The highest BCUT2D eigenvalue weighted by Crippen LogP contribution is 2.20. The molecule has 1 rings (SSSR count). The summed E-state index contributed by atoms with van der Waals surface area (Å²) in [6.45, 7) is 0.604. The van der Waals surface area contributed by atoms with Gasteiger partial charge in [0.1, 0.15) is 11.6 Å². The molecule has 0 amide bonds. The Bertz CT molecular complexity index is 293. The maximum atomic E-state index is 12.9. The molecule has 78 valence electrons. The predicted octanol–water partition coefficient (Wildman–Crippen LogP) is 4.03. The molecule has 0 aliphatic rings. The highest BCUT2D eigenvalue weighted by molar-refractivity contribution is 9.09. The van der Waals surface area contributed by atoms with Crippen LogP contribution in [0.25, 0.3) is 0 Å². The Hall–Kier alpha value is -0.280. The largest absolute Gasteiger partial charge is 0.493 e.